The molecule has 19 heavy (non-hydrogen) atoms. The maximum atomic E-state index is 5.94. The molecule has 2 aromatic rings. The Labute approximate surface area is 129 Å². The number of halogens is 2. The molecule has 100 valence electrons. The molecule has 0 amide bonds. The predicted molar refractivity (Wildman–Crippen MR) is 84.1 cm³/mol. The highest BCUT2D eigenvalue weighted by Gasteiger charge is 2.12. The monoisotopic (exact) mass is 385 g/mol. The van der Waals surface area contributed by atoms with Gasteiger partial charge in [0.2, 0.25) is 0 Å². The van der Waals surface area contributed by atoms with Crippen LogP contribution < -0.4 is 15.2 Å². The van der Waals surface area contributed by atoms with Crippen molar-refractivity contribution in [3.8, 4) is 17.2 Å². The van der Waals surface area contributed by atoms with Gasteiger partial charge in [-0.15, -0.1) is 0 Å². The molecule has 5 heteroatoms. The summed E-state index contributed by atoms with van der Waals surface area (Å²) in [4.78, 5) is 0. The molecule has 0 heterocycles. The van der Waals surface area contributed by atoms with Gasteiger partial charge < -0.3 is 15.2 Å². The van der Waals surface area contributed by atoms with E-state index in [0.29, 0.717) is 17.2 Å². The van der Waals surface area contributed by atoms with Gasteiger partial charge >= 0.3 is 0 Å². The van der Waals surface area contributed by atoms with Crippen LogP contribution in [0.25, 0.3) is 0 Å². The number of nitrogens with two attached hydrogens (primary N) is 1. The number of methoxy groups -OCH3 is 1. The van der Waals surface area contributed by atoms with E-state index in [1.807, 2.05) is 37.3 Å². The molecule has 0 bridgehead atoms. The van der Waals surface area contributed by atoms with Crippen LogP contribution in [0.3, 0.4) is 0 Å². The van der Waals surface area contributed by atoms with Gasteiger partial charge in [-0.2, -0.15) is 0 Å². The van der Waals surface area contributed by atoms with Crippen molar-refractivity contribution in [2.24, 2.45) is 0 Å². The summed E-state index contributed by atoms with van der Waals surface area (Å²) in [6.07, 6.45) is 0. The van der Waals surface area contributed by atoms with Crippen molar-refractivity contribution in [2.75, 3.05) is 12.8 Å². The zero-order chi connectivity index (χ0) is 14.0. The maximum absolute atomic E-state index is 5.94. The Hall–Kier alpha value is -1.20. The molecule has 0 fully saturated rings. The van der Waals surface area contributed by atoms with E-state index in [0.717, 1.165) is 20.3 Å². The van der Waals surface area contributed by atoms with Gasteiger partial charge in [0.1, 0.15) is 11.5 Å². The van der Waals surface area contributed by atoms with Gasteiger partial charge in [0, 0.05) is 0 Å². The summed E-state index contributed by atoms with van der Waals surface area (Å²) < 4.78 is 12.7. The van der Waals surface area contributed by atoms with Gasteiger partial charge in [0.05, 0.1) is 21.7 Å². The maximum Gasteiger partial charge on any atom is 0.153 e. The van der Waals surface area contributed by atoms with E-state index < -0.39 is 0 Å². The second-order valence-corrected chi connectivity index (χ2v) is 5.72. The second kappa shape index (κ2) is 5.84. The summed E-state index contributed by atoms with van der Waals surface area (Å²) in [5, 5.41) is 0. The minimum absolute atomic E-state index is 0.610. The smallest absolute Gasteiger partial charge is 0.153 e. The Bertz CT molecular complexity index is 594. The fraction of sp³-hybridized carbons (Fsp3) is 0.143. The molecule has 2 N–H and O–H groups in total. The quantitative estimate of drug-likeness (QED) is 0.762. The van der Waals surface area contributed by atoms with Crippen molar-refractivity contribution in [1.29, 1.82) is 0 Å². The zero-order valence-electron chi connectivity index (χ0n) is 10.5. The number of aryl methyl sites for hydroxylation is 1. The van der Waals surface area contributed by atoms with Crippen molar-refractivity contribution >= 4 is 37.5 Å². The fourth-order valence-electron chi connectivity index (χ4n) is 1.67. The number of benzene rings is 2. The van der Waals surface area contributed by atoms with Gasteiger partial charge in [-0.3, -0.25) is 0 Å². The number of hydrogen-bond acceptors (Lipinski definition) is 3. The Kier molecular flexibility index (Phi) is 4.37. The Balaban J connectivity index is 2.41. The highest BCUT2D eigenvalue weighted by atomic mass is 79.9. The summed E-state index contributed by atoms with van der Waals surface area (Å²) >= 11 is 6.90. The van der Waals surface area contributed by atoms with Crippen molar-refractivity contribution in [2.45, 2.75) is 6.92 Å². The molecule has 0 aliphatic heterocycles. The first kappa shape index (κ1) is 14.2. The average Bonchev–Trinajstić information content (AvgIpc) is 2.37. The second-order valence-electron chi connectivity index (χ2n) is 4.01. The number of ether oxygens (including phenoxy) is 2. The third-order valence-corrected chi connectivity index (χ3v) is 3.90. The van der Waals surface area contributed by atoms with Gasteiger partial charge in [0.25, 0.3) is 0 Å². The molecule has 0 saturated heterocycles. The van der Waals surface area contributed by atoms with Crippen LogP contribution in [0.4, 0.5) is 5.69 Å². The van der Waals surface area contributed by atoms with E-state index in [4.69, 9.17) is 15.2 Å². The van der Waals surface area contributed by atoms with Gasteiger partial charge in [-0.05, 0) is 62.5 Å². The molecular formula is C14H13Br2NO2. The van der Waals surface area contributed by atoms with Crippen molar-refractivity contribution in [3.05, 3.63) is 44.8 Å². The van der Waals surface area contributed by atoms with Crippen LogP contribution in [0, 0.1) is 6.92 Å². The van der Waals surface area contributed by atoms with Crippen molar-refractivity contribution in [1.82, 2.24) is 0 Å². The van der Waals surface area contributed by atoms with E-state index in [9.17, 15) is 0 Å². The predicted octanol–water partition coefficient (Wildman–Crippen LogP) is 4.90. The lowest BCUT2D eigenvalue weighted by atomic mass is 10.2. The third kappa shape index (κ3) is 3.04. The number of rotatable bonds is 3. The first-order valence-electron chi connectivity index (χ1n) is 5.59. The molecule has 2 rings (SSSR count). The van der Waals surface area contributed by atoms with Crippen LogP contribution in [-0.2, 0) is 0 Å². The van der Waals surface area contributed by atoms with E-state index in [-0.39, 0.29) is 0 Å². The highest BCUT2D eigenvalue weighted by molar-refractivity contribution is 9.11. The lowest BCUT2D eigenvalue weighted by molar-refractivity contribution is 0.409. The molecule has 0 saturated carbocycles. The fourth-order valence-corrected chi connectivity index (χ4v) is 2.56. The number of hydrogen-bond donors (Lipinski definition) is 1. The lowest BCUT2D eigenvalue weighted by Crippen LogP contribution is -1.95. The van der Waals surface area contributed by atoms with Crippen LogP contribution in [0.2, 0.25) is 0 Å². The number of anilines is 1. The molecule has 0 aliphatic carbocycles. The largest absolute Gasteiger partial charge is 0.496 e. The van der Waals surface area contributed by atoms with Crippen LogP contribution in [-0.4, -0.2) is 7.11 Å². The molecule has 0 radical (unpaired) electrons. The third-order valence-electron chi connectivity index (χ3n) is 2.66. The van der Waals surface area contributed by atoms with E-state index in [1.165, 1.54) is 0 Å². The molecule has 0 unspecified atom stereocenters. The van der Waals surface area contributed by atoms with Crippen LogP contribution >= 0.6 is 31.9 Å². The van der Waals surface area contributed by atoms with E-state index in [2.05, 4.69) is 31.9 Å². The highest BCUT2D eigenvalue weighted by Crippen LogP contribution is 2.40. The Morgan fingerprint density at radius 1 is 1.05 bits per heavy atom. The molecule has 2 aromatic carbocycles. The van der Waals surface area contributed by atoms with E-state index >= 15 is 0 Å². The van der Waals surface area contributed by atoms with Gasteiger partial charge in [0.15, 0.2) is 5.75 Å². The minimum atomic E-state index is 0.610. The first-order valence-corrected chi connectivity index (χ1v) is 7.17. The SMILES string of the molecule is COc1cc(Br)c(Oc2c(C)cccc2N)cc1Br. The summed E-state index contributed by atoms with van der Waals surface area (Å²) in [6, 6.07) is 9.35. The summed E-state index contributed by atoms with van der Waals surface area (Å²) in [5.41, 5.74) is 7.53. The minimum Gasteiger partial charge on any atom is -0.496 e. The molecule has 3 nitrogen and oxygen atoms in total. The molecule has 0 spiro atoms. The first-order chi connectivity index (χ1) is 9.02. The summed E-state index contributed by atoms with van der Waals surface area (Å²) in [5.74, 6) is 2.07. The number of para-hydroxylation sites is 1. The van der Waals surface area contributed by atoms with Gasteiger partial charge in [-0.25, -0.2) is 0 Å². The molecular weight excluding hydrogens is 374 g/mol. The summed E-state index contributed by atoms with van der Waals surface area (Å²) in [6.45, 7) is 1.96. The van der Waals surface area contributed by atoms with Crippen molar-refractivity contribution < 1.29 is 9.47 Å². The normalized spacial score (nSPS) is 10.3. The number of nitrogen functional groups attached to an aromatic ring is 1. The van der Waals surface area contributed by atoms with Crippen LogP contribution in [0.5, 0.6) is 17.2 Å². The van der Waals surface area contributed by atoms with Crippen LogP contribution in [0.1, 0.15) is 5.56 Å². The molecule has 0 atom stereocenters. The average molecular weight is 387 g/mol. The zero-order valence-corrected chi connectivity index (χ0v) is 13.7. The van der Waals surface area contributed by atoms with E-state index in [1.54, 1.807) is 7.11 Å². The Morgan fingerprint density at radius 2 is 1.68 bits per heavy atom. The molecule has 0 aliphatic rings. The lowest BCUT2D eigenvalue weighted by Gasteiger charge is -2.14. The summed E-state index contributed by atoms with van der Waals surface area (Å²) in [7, 11) is 1.62. The standard InChI is InChI=1S/C14H13Br2NO2/c1-8-4-3-5-11(17)14(8)19-13-7-9(15)12(18-2)6-10(13)16/h3-7H,17H2,1-2H3. The van der Waals surface area contributed by atoms with Crippen LogP contribution in [0.15, 0.2) is 39.3 Å². The Morgan fingerprint density at radius 3 is 2.32 bits per heavy atom. The topological polar surface area (TPSA) is 44.5 Å². The molecule has 0 aromatic heterocycles. The van der Waals surface area contributed by atoms with Crippen molar-refractivity contribution in [3.63, 3.8) is 0 Å². The van der Waals surface area contributed by atoms with Gasteiger partial charge in [-0.1, -0.05) is 12.1 Å².